The quantitative estimate of drug-likeness (QED) is 0.477. The van der Waals surface area contributed by atoms with Crippen molar-refractivity contribution < 1.29 is 10.1 Å². The van der Waals surface area contributed by atoms with Gasteiger partial charge in [-0.15, -0.1) is 11.3 Å². The molecule has 1 aliphatic rings. The van der Waals surface area contributed by atoms with Gasteiger partial charge in [-0.3, -0.25) is 0 Å². The first-order valence-corrected chi connectivity index (χ1v) is 3.70. The molecule has 1 heterocycles. The Morgan fingerprint density at radius 1 is 1.56 bits per heavy atom. The second-order valence-corrected chi connectivity index (χ2v) is 2.96. The number of hydrogen-bond donors (Lipinski definition) is 1. The van der Waals surface area contributed by atoms with Crippen LogP contribution in [-0.2, 0) is 12.8 Å². The molecule has 0 amide bonds. The highest BCUT2D eigenvalue weighted by Gasteiger charge is 2.20. The second-order valence-electron chi connectivity index (χ2n) is 2.12. The van der Waals surface area contributed by atoms with E-state index in [1.165, 1.54) is 22.5 Å². The van der Waals surface area contributed by atoms with Gasteiger partial charge in [0.15, 0.2) is 0 Å². The highest BCUT2D eigenvalue weighted by molar-refractivity contribution is 7.12. The largest absolute Gasteiger partial charge is 0.329 e. The highest BCUT2D eigenvalue weighted by Crippen LogP contribution is 2.37. The van der Waals surface area contributed by atoms with Crippen molar-refractivity contribution in [1.29, 1.82) is 0 Å². The Balaban J connectivity index is 2.47. The van der Waals surface area contributed by atoms with E-state index in [2.05, 4.69) is 4.89 Å². The van der Waals surface area contributed by atoms with Gasteiger partial charge in [-0.1, -0.05) is 0 Å². The molecule has 0 aliphatic heterocycles. The van der Waals surface area contributed by atoms with Crippen LogP contribution >= 0.6 is 11.3 Å². The maximum atomic E-state index is 8.28. The Bertz CT molecular complexity index is 229. The minimum Gasteiger partial charge on any atom is -0.329 e. The van der Waals surface area contributed by atoms with E-state index in [9.17, 15) is 0 Å². The molecular formula is C6H6O2S. The minimum atomic E-state index is 0.677. The zero-order valence-corrected chi connectivity index (χ0v) is 5.57. The summed E-state index contributed by atoms with van der Waals surface area (Å²) in [5.41, 5.74) is 2.53. The fraction of sp³-hybridized carbons (Fsp3) is 0.333. The average Bonchev–Trinajstić information content (AvgIpc) is 2.07. The molecule has 1 aromatic heterocycles. The third-order valence-electron chi connectivity index (χ3n) is 1.67. The lowest BCUT2D eigenvalue weighted by Crippen LogP contribution is -2.04. The van der Waals surface area contributed by atoms with Gasteiger partial charge in [-0.2, -0.15) is 0 Å². The zero-order chi connectivity index (χ0) is 6.27. The minimum absolute atomic E-state index is 0.677. The van der Waals surface area contributed by atoms with Gasteiger partial charge >= 0.3 is 0 Å². The van der Waals surface area contributed by atoms with Gasteiger partial charge in [-0.05, 0) is 23.8 Å². The summed E-state index contributed by atoms with van der Waals surface area (Å²) >= 11 is 1.47. The maximum absolute atomic E-state index is 8.28. The molecular weight excluding hydrogens is 136 g/mol. The van der Waals surface area contributed by atoms with E-state index >= 15 is 0 Å². The molecule has 2 nitrogen and oxygen atoms in total. The van der Waals surface area contributed by atoms with Gasteiger partial charge in [0.25, 0.3) is 0 Å². The summed E-state index contributed by atoms with van der Waals surface area (Å²) in [5, 5.41) is 11.0. The lowest BCUT2D eigenvalue weighted by molar-refractivity contribution is -0.134. The van der Waals surface area contributed by atoms with Crippen molar-refractivity contribution >= 4 is 11.3 Å². The van der Waals surface area contributed by atoms with Crippen molar-refractivity contribution in [2.75, 3.05) is 0 Å². The molecule has 1 aromatic rings. The van der Waals surface area contributed by atoms with E-state index in [4.69, 9.17) is 5.26 Å². The molecule has 0 radical (unpaired) electrons. The Kier molecular flexibility index (Phi) is 1.00. The van der Waals surface area contributed by atoms with Gasteiger partial charge in [0.1, 0.15) is 0 Å². The standard InChI is InChI=1S/C6H6O2S/c7-8-6-5-2-1-4(5)3-9-6/h3,7H,1-2H2. The van der Waals surface area contributed by atoms with Crippen molar-refractivity contribution in [3.8, 4) is 5.06 Å². The Morgan fingerprint density at radius 3 is 2.78 bits per heavy atom. The second kappa shape index (κ2) is 1.72. The molecule has 0 spiro atoms. The van der Waals surface area contributed by atoms with E-state index in [-0.39, 0.29) is 0 Å². The molecule has 0 unspecified atom stereocenters. The number of fused-ring (bicyclic) bond motifs is 1. The van der Waals surface area contributed by atoms with Gasteiger partial charge in [-0.25, -0.2) is 5.26 Å². The van der Waals surface area contributed by atoms with Crippen LogP contribution in [0.4, 0.5) is 0 Å². The monoisotopic (exact) mass is 142 g/mol. The molecule has 0 fully saturated rings. The lowest BCUT2D eigenvalue weighted by Gasteiger charge is -2.12. The summed E-state index contributed by atoms with van der Waals surface area (Å²) in [5.74, 6) is 0. The first-order valence-electron chi connectivity index (χ1n) is 2.82. The summed E-state index contributed by atoms with van der Waals surface area (Å²) in [4.78, 5) is 4.14. The molecule has 0 atom stereocenters. The molecule has 9 heavy (non-hydrogen) atoms. The molecule has 2 rings (SSSR count). The summed E-state index contributed by atoms with van der Waals surface area (Å²) in [6.45, 7) is 0. The first-order chi connectivity index (χ1) is 4.42. The van der Waals surface area contributed by atoms with Gasteiger partial charge in [0, 0.05) is 5.56 Å². The fourth-order valence-corrected chi connectivity index (χ4v) is 1.96. The summed E-state index contributed by atoms with van der Waals surface area (Å²) in [7, 11) is 0. The van der Waals surface area contributed by atoms with E-state index in [0.717, 1.165) is 12.8 Å². The van der Waals surface area contributed by atoms with Crippen LogP contribution in [0.2, 0.25) is 0 Å². The number of thiophene rings is 1. The van der Waals surface area contributed by atoms with Crippen LogP contribution in [0.25, 0.3) is 0 Å². The van der Waals surface area contributed by atoms with Gasteiger partial charge in [0.2, 0.25) is 5.06 Å². The van der Waals surface area contributed by atoms with Crippen molar-refractivity contribution in [2.45, 2.75) is 12.8 Å². The SMILES string of the molecule is OOc1scc2c1CC2. The first kappa shape index (κ1) is 5.26. The van der Waals surface area contributed by atoms with Crippen LogP contribution in [0.15, 0.2) is 5.38 Å². The Morgan fingerprint density at radius 2 is 2.44 bits per heavy atom. The molecule has 1 N–H and O–H groups in total. The Hall–Kier alpha value is -0.540. The molecule has 1 aliphatic carbocycles. The maximum Gasteiger partial charge on any atom is 0.222 e. The number of aryl methyl sites for hydroxylation is 1. The van der Waals surface area contributed by atoms with Crippen LogP contribution in [0.3, 0.4) is 0 Å². The van der Waals surface area contributed by atoms with Gasteiger partial charge in [0.05, 0.1) is 0 Å². The van der Waals surface area contributed by atoms with Gasteiger partial charge < -0.3 is 4.89 Å². The van der Waals surface area contributed by atoms with Crippen LogP contribution in [0.1, 0.15) is 11.1 Å². The molecule has 0 bridgehead atoms. The molecule has 0 saturated carbocycles. The normalized spacial score (nSPS) is 14.3. The third kappa shape index (κ3) is 0.587. The summed E-state index contributed by atoms with van der Waals surface area (Å²) < 4.78 is 0. The molecule has 0 aromatic carbocycles. The topological polar surface area (TPSA) is 29.5 Å². The smallest absolute Gasteiger partial charge is 0.222 e. The van der Waals surface area contributed by atoms with E-state index in [1.54, 1.807) is 0 Å². The van der Waals surface area contributed by atoms with Crippen molar-refractivity contribution in [3.05, 3.63) is 16.5 Å². The predicted molar refractivity (Wildman–Crippen MR) is 35.0 cm³/mol. The summed E-state index contributed by atoms with van der Waals surface area (Å²) in [6, 6.07) is 0. The molecule has 3 heteroatoms. The zero-order valence-electron chi connectivity index (χ0n) is 4.76. The van der Waals surface area contributed by atoms with Crippen molar-refractivity contribution in [2.24, 2.45) is 0 Å². The average molecular weight is 142 g/mol. The summed E-state index contributed by atoms with van der Waals surface area (Å²) in [6.07, 6.45) is 2.21. The van der Waals surface area contributed by atoms with E-state index < -0.39 is 0 Å². The highest BCUT2D eigenvalue weighted by atomic mass is 32.1. The van der Waals surface area contributed by atoms with Crippen molar-refractivity contribution in [3.63, 3.8) is 0 Å². The number of hydrogen-bond acceptors (Lipinski definition) is 3. The molecule has 48 valence electrons. The fourth-order valence-electron chi connectivity index (χ4n) is 1.03. The van der Waals surface area contributed by atoms with Crippen LogP contribution in [0, 0.1) is 0 Å². The van der Waals surface area contributed by atoms with E-state index in [0.29, 0.717) is 5.06 Å². The molecule has 0 saturated heterocycles. The van der Waals surface area contributed by atoms with E-state index in [1.807, 2.05) is 5.38 Å². The van der Waals surface area contributed by atoms with Crippen LogP contribution in [-0.4, -0.2) is 5.26 Å². The predicted octanol–water partition coefficient (Wildman–Crippen LogP) is 1.70. The van der Waals surface area contributed by atoms with Crippen LogP contribution < -0.4 is 4.89 Å². The Labute approximate surface area is 56.6 Å². The van der Waals surface area contributed by atoms with Crippen LogP contribution in [0.5, 0.6) is 5.06 Å². The lowest BCUT2D eigenvalue weighted by atomic mass is 9.93. The van der Waals surface area contributed by atoms with Crippen molar-refractivity contribution in [1.82, 2.24) is 0 Å². The third-order valence-corrected chi connectivity index (χ3v) is 2.61. The number of rotatable bonds is 1.